The standard InChI is InChI=1S/C32H34ClNO3S.C30H28F3NO3.C30H34F3NO3.C29H26F3NO3/c1-4-18-32(19-5-2)28-10-7-6-9-26(28)27-17-12-23(21-29(27)32)31(36)30(34-37-22(3)35)11-8-20-38-25-15-13-24(33)14-16-25;1-4-15-29(16-17-30(31,32)33)25-12-8-7-11-23(25)24-14-13-21(18-26(24)29)28(36)27(34-37-20(3)35)22-10-6-5-9-19(22)2;1-3-15-29(16-17-30(31,32)33)25-12-8-7-11-23(25)24-14-13-22(19-26(24)29)28(36)27(34-37-20(2)35)18-21-9-5-4-6-10-21;1-3-15-28(16-17-29(30,31)32)24-12-8-7-11-22(24)23-14-13-21(18-25(23)28)27(35)26(33-36-19(2)34)20-9-5-4-6-10-20/h6-7,9-10,12-17,21H,4-5,8,11,18-20H2,1-3H3;5-14,18H,4,15-17H2,1-3H3;7-8,11-14,19,21H,3-6,9-10,15-18H2,1-2H3;4-14,18H,3,15-17H2,1-2H3/b34-30+;2*34-27+;33-26+. The molecule has 11 aromatic carbocycles. The van der Waals surface area contributed by atoms with Gasteiger partial charge >= 0.3 is 42.4 Å². The zero-order valence-electron chi connectivity index (χ0n) is 84.8. The lowest BCUT2D eigenvalue weighted by Crippen LogP contribution is -2.28. The van der Waals surface area contributed by atoms with Crippen molar-refractivity contribution in [2.45, 2.75) is 268 Å². The van der Waals surface area contributed by atoms with Crippen molar-refractivity contribution in [3.05, 3.63) is 337 Å². The van der Waals surface area contributed by atoms with Gasteiger partial charge in [0, 0.05) is 112 Å². The van der Waals surface area contributed by atoms with Crippen LogP contribution >= 0.6 is 23.4 Å². The van der Waals surface area contributed by atoms with Crippen LogP contribution in [0.2, 0.25) is 5.02 Å². The molecule has 16 nitrogen and oxygen atoms in total. The predicted octanol–water partition coefficient (Wildman–Crippen LogP) is 31.8. The van der Waals surface area contributed by atoms with Crippen molar-refractivity contribution in [3.63, 3.8) is 0 Å². The number of alkyl halides is 9. The van der Waals surface area contributed by atoms with Crippen molar-refractivity contribution < 1.29 is 97.2 Å². The van der Waals surface area contributed by atoms with Gasteiger partial charge in [-0.3, -0.25) is 19.2 Å². The summed E-state index contributed by atoms with van der Waals surface area (Å²) in [7, 11) is 0. The highest BCUT2D eigenvalue weighted by molar-refractivity contribution is 7.99. The number of halogens is 10. The minimum atomic E-state index is -4.30. The van der Waals surface area contributed by atoms with Gasteiger partial charge < -0.3 is 19.4 Å². The Morgan fingerprint density at radius 2 is 0.649 bits per heavy atom. The van der Waals surface area contributed by atoms with E-state index in [0.29, 0.717) is 96.2 Å². The van der Waals surface area contributed by atoms with E-state index >= 15 is 0 Å². The molecule has 27 heteroatoms. The van der Waals surface area contributed by atoms with Gasteiger partial charge in [0.05, 0.1) is 0 Å². The highest BCUT2D eigenvalue weighted by Gasteiger charge is 2.50. The average Bonchev–Trinajstić information content (AvgIpc) is 1.58. The van der Waals surface area contributed by atoms with E-state index in [-0.39, 0.29) is 76.1 Å². The van der Waals surface area contributed by atoms with Gasteiger partial charge in [0.2, 0.25) is 23.1 Å². The van der Waals surface area contributed by atoms with Crippen molar-refractivity contribution in [3.8, 4) is 44.5 Å². The first-order chi connectivity index (χ1) is 70.8. The summed E-state index contributed by atoms with van der Waals surface area (Å²) in [5, 5.41) is 16.3. The summed E-state index contributed by atoms with van der Waals surface area (Å²) in [6.45, 7) is 17.0. The van der Waals surface area contributed by atoms with Gasteiger partial charge in [-0.1, -0.05) is 331 Å². The Hall–Kier alpha value is -13.3. The fourth-order valence-corrected chi connectivity index (χ4v) is 23.2. The zero-order valence-corrected chi connectivity index (χ0v) is 86.4. The van der Waals surface area contributed by atoms with Crippen molar-refractivity contribution in [1.82, 2.24) is 0 Å². The monoisotopic (exact) mass is 2060 g/mol. The van der Waals surface area contributed by atoms with E-state index in [1.807, 2.05) is 149 Å². The Balaban J connectivity index is 0.000000165. The molecule has 3 atom stereocenters. The van der Waals surface area contributed by atoms with E-state index in [4.69, 9.17) is 31.0 Å². The lowest BCUT2D eigenvalue weighted by Gasteiger charge is -2.33. The van der Waals surface area contributed by atoms with Crippen LogP contribution in [-0.2, 0) is 60.2 Å². The van der Waals surface area contributed by atoms with Crippen LogP contribution in [0.1, 0.15) is 319 Å². The van der Waals surface area contributed by atoms with Gasteiger partial charge in [-0.2, -0.15) is 39.5 Å². The van der Waals surface area contributed by atoms with Crippen LogP contribution in [-0.4, -0.2) is 94.1 Å². The first kappa shape index (κ1) is 112. The number of fused-ring (bicyclic) bond motifs is 12. The number of benzene rings is 11. The van der Waals surface area contributed by atoms with Gasteiger partial charge in [0.25, 0.3) is 0 Å². The van der Waals surface area contributed by atoms with E-state index in [0.717, 1.165) is 123 Å². The van der Waals surface area contributed by atoms with Crippen LogP contribution in [0, 0.1) is 12.8 Å². The summed E-state index contributed by atoms with van der Waals surface area (Å²) in [5.41, 5.74) is 16.0. The fourth-order valence-electron chi connectivity index (χ4n) is 22.2. The molecule has 0 radical (unpaired) electrons. The number of thioether (sulfide) groups is 1. The number of oxime groups is 4. The lowest BCUT2D eigenvalue weighted by atomic mass is 9.71. The van der Waals surface area contributed by atoms with Crippen LogP contribution in [0.15, 0.2) is 274 Å². The Morgan fingerprint density at radius 3 is 1.01 bits per heavy atom. The number of Topliss-reactive ketones (excluding diaryl/α,β-unsaturated/α-hetero) is 4. The highest BCUT2D eigenvalue weighted by Crippen LogP contribution is 2.60. The number of ketones is 4. The van der Waals surface area contributed by atoms with Crippen molar-refractivity contribution in [2.24, 2.45) is 26.5 Å². The van der Waals surface area contributed by atoms with Crippen LogP contribution in [0.25, 0.3) is 44.5 Å². The molecule has 0 aromatic heterocycles. The Bertz CT molecular complexity index is 6820. The molecule has 16 rings (SSSR count). The Labute approximate surface area is 867 Å². The first-order valence-electron chi connectivity index (χ1n) is 50.6. The van der Waals surface area contributed by atoms with Crippen molar-refractivity contribution in [2.75, 3.05) is 5.75 Å². The van der Waals surface area contributed by atoms with Crippen LogP contribution in [0.4, 0.5) is 39.5 Å². The first-order valence-corrected chi connectivity index (χ1v) is 52.0. The number of hydrogen-bond donors (Lipinski definition) is 0. The maximum atomic E-state index is 13.8. The van der Waals surface area contributed by atoms with Crippen molar-refractivity contribution in [1.29, 1.82) is 0 Å². The molecule has 1 fully saturated rings. The second kappa shape index (κ2) is 49.7. The molecule has 5 aliphatic rings. The summed E-state index contributed by atoms with van der Waals surface area (Å²) in [4.78, 5) is 121. The molecule has 0 aliphatic heterocycles. The molecule has 0 bridgehead atoms. The van der Waals surface area contributed by atoms with E-state index in [1.165, 1.54) is 56.4 Å². The largest absolute Gasteiger partial charge is 0.389 e. The number of rotatable bonds is 37. The third-order valence-corrected chi connectivity index (χ3v) is 29.7. The molecule has 0 N–H and O–H groups in total. The SMILES string of the molecule is CCCC1(CCC(F)(F)F)c2ccccc2-c2ccc(C(=O)/C(=N/OC(C)=O)c3ccccc3)cc21.CCCC1(CCC(F)(F)F)c2ccccc2-c2ccc(C(=O)/C(=N/OC(C)=O)c3ccccc3C)cc21.CCCC1(CCC(F)(F)F)c2ccccc2-c2ccc(C(=O)/C(CC3CCCCC3)=N/OC(C)=O)cc21.CCCC1(CCC)c2ccccc2-c2ccc(C(=O)/C(CCCSc3ccc(Cl)cc3)=N/OC(C)=O)cc21. The smallest absolute Gasteiger partial charge is 0.318 e. The van der Waals surface area contributed by atoms with Crippen molar-refractivity contribution >= 4 is 93.2 Å². The van der Waals surface area contributed by atoms with E-state index in [1.54, 1.807) is 103 Å². The molecule has 0 spiro atoms. The van der Waals surface area contributed by atoms with Gasteiger partial charge in [-0.05, 0) is 232 Å². The molecular weight excluding hydrogens is 1940 g/mol. The fraction of sp³-hybridized carbons (Fsp3) is 0.355. The van der Waals surface area contributed by atoms with Crippen LogP contribution in [0.3, 0.4) is 0 Å². The van der Waals surface area contributed by atoms with Gasteiger partial charge in [0.15, 0.2) is 11.4 Å². The van der Waals surface area contributed by atoms with E-state index in [2.05, 4.69) is 70.9 Å². The second-order valence-electron chi connectivity index (χ2n) is 38.5. The summed E-state index contributed by atoms with van der Waals surface area (Å²) in [6, 6.07) is 76.3. The lowest BCUT2D eigenvalue weighted by molar-refractivity contribution is -0.141. The van der Waals surface area contributed by atoms with Crippen LogP contribution < -0.4 is 0 Å². The van der Waals surface area contributed by atoms with Crippen LogP contribution in [0.5, 0.6) is 0 Å². The summed E-state index contributed by atoms with van der Waals surface area (Å²) >= 11 is 7.67. The zero-order chi connectivity index (χ0) is 106. The summed E-state index contributed by atoms with van der Waals surface area (Å²) < 4.78 is 121. The summed E-state index contributed by atoms with van der Waals surface area (Å²) in [5.74, 6) is -2.89. The molecule has 0 saturated heterocycles. The quantitative estimate of drug-likeness (QED) is 0.00673. The third-order valence-electron chi connectivity index (χ3n) is 28.4. The van der Waals surface area contributed by atoms with Gasteiger partial charge in [-0.25, -0.2) is 19.2 Å². The number of aryl methyl sites for hydroxylation is 1. The average molecular weight is 2060 g/mol. The number of carbonyl (C=O) groups is 8. The topological polar surface area (TPSA) is 223 Å². The van der Waals surface area contributed by atoms with E-state index < -0.39 is 89.5 Å². The molecular formula is C121H122ClF9N4O12S. The molecule has 148 heavy (non-hydrogen) atoms. The number of carbonyl (C=O) groups excluding carboxylic acids is 8. The third kappa shape index (κ3) is 26.3. The van der Waals surface area contributed by atoms with E-state index in [9.17, 15) is 77.9 Å². The Morgan fingerprint density at radius 1 is 0.338 bits per heavy atom. The number of hydrogen-bond acceptors (Lipinski definition) is 17. The molecule has 0 amide bonds. The van der Waals surface area contributed by atoms with Gasteiger partial charge in [0.1, 0.15) is 11.4 Å². The maximum absolute atomic E-state index is 13.8. The minimum Gasteiger partial charge on any atom is -0.318 e. The predicted molar refractivity (Wildman–Crippen MR) is 564 cm³/mol. The molecule has 1 saturated carbocycles. The molecule has 774 valence electrons. The number of nitrogens with zero attached hydrogens (tertiary/aromatic N) is 4. The molecule has 11 aromatic rings. The molecule has 3 unspecified atom stereocenters. The minimum absolute atomic E-state index is 0.0415. The molecule has 5 aliphatic carbocycles. The maximum Gasteiger partial charge on any atom is 0.389 e. The van der Waals surface area contributed by atoms with Gasteiger partial charge in [-0.15, -0.1) is 11.8 Å². The normalized spacial score (nSPS) is 16.8. The second-order valence-corrected chi connectivity index (χ2v) is 40.2. The highest BCUT2D eigenvalue weighted by atomic mass is 35.5. The Kier molecular flexibility index (Phi) is 37.5. The summed E-state index contributed by atoms with van der Waals surface area (Å²) in [6.07, 6.45) is -1.31. The molecule has 0 heterocycles.